The molecule has 2 saturated heterocycles. The molecule has 0 spiro atoms. The summed E-state index contributed by atoms with van der Waals surface area (Å²) in [7, 11) is 1.84. The molecule has 0 bridgehead atoms. The number of hydrogen-bond acceptors (Lipinski definition) is 3. The van der Waals surface area contributed by atoms with Gasteiger partial charge in [-0.1, -0.05) is 15.9 Å². The van der Waals surface area contributed by atoms with Gasteiger partial charge in [-0.05, 0) is 18.6 Å². The van der Waals surface area contributed by atoms with E-state index in [1.807, 2.05) is 7.11 Å². The Bertz CT molecular complexity index is 187. The van der Waals surface area contributed by atoms with Gasteiger partial charge in [0.2, 0.25) is 0 Å². The van der Waals surface area contributed by atoms with Gasteiger partial charge in [0.1, 0.15) is 0 Å². The number of rotatable bonds is 3. The predicted octanol–water partition coefficient (Wildman–Crippen LogP) is 1.98. The Kier molecular flexibility index (Phi) is 4.17. The van der Waals surface area contributed by atoms with Crippen molar-refractivity contribution in [1.82, 2.24) is 4.90 Å². The zero-order chi connectivity index (χ0) is 9.97. The molecule has 3 atom stereocenters. The fraction of sp³-hybridized carbons (Fsp3) is 1.00. The molecule has 0 aromatic carbocycles. The van der Waals surface area contributed by atoms with Gasteiger partial charge >= 0.3 is 0 Å². The van der Waals surface area contributed by atoms with Crippen molar-refractivity contribution in [2.75, 3.05) is 30.5 Å². The molecular weight excluding hydrogens is 262 g/mol. The van der Waals surface area contributed by atoms with Crippen molar-refractivity contribution in [3.8, 4) is 0 Å². The van der Waals surface area contributed by atoms with Gasteiger partial charge in [-0.25, -0.2) is 0 Å². The third-order valence-corrected chi connectivity index (χ3v) is 5.20. The molecule has 2 nitrogen and oxygen atoms in total. The molecule has 0 N–H and O–H groups in total. The largest absolute Gasteiger partial charge is 0.380 e. The SMILES string of the molecule is COC1CC(CBr)N(C2CCSC2)C1. The van der Waals surface area contributed by atoms with E-state index < -0.39 is 0 Å². The topological polar surface area (TPSA) is 12.5 Å². The number of halogens is 1. The Morgan fingerprint density at radius 3 is 3.00 bits per heavy atom. The summed E-state index contributed by atoms with van der Waals surface area (Å²) < 4.78 is 5.46. The highest BCUT2D eigenvalue weighted by Crippen LogP contribution is 2.30. The molecule has 2 rings (SSSR count). The van der Waals surface area contributed by atoms with Gasteiger partial charge in [-0.2, -0.15) is 11.8 Å². The third-order valence-electron chi connectivity index (χ3n) is 3.30. The molecule has 2 heterocycles. The number of nitrogens with zero attached hydrogens (tertiary/aromatic N) is 1. The van der Waals surface area contributed by atoms with Gasteiger partial charge < -0.3 is 4.74 Å². The molecule has 14 heavy (non-hydrogen) atoms. The maximum Gasteiger partial charge on any atom is 0.0713 e. The molecule has 82 valence electrons. The maximum absolute atomic E-state index is 5.46. The minimum Gasteiger partial charge on any atom is -0.380 e. The van der Waals surface area contributed by atoms with Gasteiger partial charge in [-0.3, -0.25) is 4.90 Å². The zero-order valence-corrected chi connectivity index (χ0v) is 11.0. The van der Waals surface area contributed by atoms with Gasteiger partial charge in [0.05, 0.1) is 6.10 Å². The van der Waals surface area contributed by atoms with Crippen LogP contribution in [0.4, 0.5) is 0 Å². The first-order chi connectivity index (χ1) is 6.85. The van der Waals surface area contributed by atoms with Crippen LogP contribution in [-0.2, 0) is 4.74 Å². The van der Waals surface area contributed by atoms with E-state index in [4.69, 9.17) is 4.74 Å². The number of methoxy groups -OCH3 is 1. The van der Waals surface area contributed by atoms with Crippen LogP contribution in [0.1, 0.15) is 12.8 Å². The summed E-state index contributed by atoms with van der Waals surface area (Å²) >= 11 is 5.71. The Morgan fingerprint density at radius 1 is 1.57 bits per heavy atom. The second-order valence-electron chi connectivity index (χ2n) is 4.12. The van der Waals surface area contributed by atoms with Gasteiger partial charge in [-0.15, -0.1) is 0 Å². The summed E-state index contributed by atoms with van der Waals surface area (Å²) in [6, 6.07) is 1.51. The molecule has 0 aromatic rings. The first-order valence-corrected chi connectivity index (χ1v) is 7.55. The Hall–Kier alpha value is 0.750. The minimum atomic E-state index is 0.461. The smallest absolute Gasteiger partial charge is 0.0713 e. The summed E-state index contributed by atoms with van der Waals surface area (Å²) in [5.74, 6) is 2.66. The molecule has 0 aliphatic carbocycles. The summed E-state index contributed by atoms with van der Waals surface area (Å²) in [6.45, 7) is 1.14. The Labute approximate surface area is 98.9 Å². The molecule has 0 amide bonds. The van der Waals surface area contributed by atoms with E-state index in [2.05, 4.69) is 32.6 Å². The summed E-state index contributed by atoms with van der Waals surface area (Å²) in [4.78, 5) is 2.66. The molecule has 2 aliphatic rings. The molecular formula is C10H18BrNOS. The van der Waals surface area contributed by atoms with Gasteiger partial charge in [0.15, 0.2) is 0 Å². The van der Waals surface area contributed by atoms with E-state index in [9.17, 15) is 0 Å². The fourth-order valence-corrected chi connectivity index (χ4v) is 4.32. The third kappa shape index (κ3) is 2.29. The molecule has 0 radical (unpaired) electrons. The van der Waals surface area contributed by atoms with Crippen LogP contribution in [0.2, 0.25) is 0 Å². The van der Waals surface area contributed by atoms with Crippen LogP contribution in [-0.4, -0.2) is 53.6 Å². The predicted molar refractivity (Wildman–Crippen MR) is 65.4 cm³/mol. The second-order valence-corrected chi connectivity index (χ2v) is 5.91. The van der Waals surface area contributed by atoms with E-state index in [1.165, 1.54) is 24.3 Å². The number of ether oxygens (including phenoxy) is 1. The zero-order valence-electron chi connectivity index (χ0n) is 8.62. The van der Waals surface area contributed by atoms with Crippen molar-refractivity contribution in [2.45, 2.75) is 31.0 Å². The Morgan fingerprint density at radius 2 is 2.43 bits per heavy atom. The number of alkyl halides is 1. The van der Waals surface area contributed by atoms with E-state index in [0.29, 0.717) is 12.1 Å². The summed E-state index contributed by atoms with van der Waals surface area (Å²) in [5, 5.41) is 1.09. The van der Waals surface area contributed by atoms with E-state index in [-0.39, 0.29) is 0 Å². The van der Waals surface area contributed by atoms with Crippen molar-refractivity contribution in [2.24, 2.45) is 0 Å². The van der Waals surface area contributed by atoms with Crippen molar-refractivity contribution in [3.05, 3.63) is 0 Å². The summed E-state index contributed by atoms with van der Waals surface area (Å²) in [6.07, 6.45) is 3.02. The average molecular weight is 280 g/mol. The van der Waals surface area contributed by atoms with Crippen LogP contribution in [0.5, 0.6) is 0 Å². The van der Waals surface area contributed by atoms with Crippen LogP contribution >= 0.6 is 27.7 Å². The molecule has 2 aliphatic heterocycles. The van der Waals surface area contributed by atoms with Crippen LogP contribution in [0.25, 0.3) is 0 Å². The van der Waals surface area contributed by atoms with Crippen LogP contribution in [0.15, 0.2) is 0 Å². The highest BCUT2D eigenvalue weighted by molar-refractivity contribution is 9.09. The monoisotopic (exact) mass is 279 g/mol. The van der Waals surface area contributed by atoms with Gasteiger partial charge in [0, 0.05) is 36.8 Å². The van der Waals surface area contributed by atoms with Crippen molar-refractivity contribution >= 4 is 27.7 Å². The molecule has 0 aromatic heterocycles. The lowest BCUT2D eigenvalue weighted by Crippen LogP contribution is -2.40. The summed E-state index contributed by atoms with van der Waals surface area (Å²) in [5.41, 5.74) is 0. The van der Waals surface area contributed by atoms with Crippen LogP contribution in [0.3, 0.4) is 0 Å². The van der Waals surface area contributed by atoms with Crippen molar-refractivity contribution in [1.29, 1.82) is 0 Å². The Balaban J connectivity index is 1.95. The molecule has 2 fully saturated rings. The molecule has 0 saturated carbocycles. The average Bonchev–Trinajstić information content (AvgIpc) is 2.85. The van der Waals surface area contributed by atoms with Crippen LogP contribution < -0.4 is 0 Å². The van der Waals surface area contributed by atoms with Crippen LogP contribution in [0, 0.1) is 0 Å². The highest BCUT2D eigenvalue weighted by Gasteiger charge is 2.36. The standard InChI is InChI=1S/C10H18BrNOS/c1-13-10-4-9(5-11)12(6-10)8-2-3-14-7-8/h8-10H,2-7H2,1H3. The maximum atomic E-state index is 5.46. The van der Waals surface area contributed by atoms with E-state index in [0.717, 1.165) is 17.9 Å². The fourth-order valence-electron chi connectivity index (χ4n) is 2.45. The minimum absolute atomic E-state index is 0.461. The highest BCUT2D eigenvalue weighted by atomic mass is 79.9. The normalized spacial score (nSPS) is 39.4. The van der Waals surface area contributed by atoms with E-state index >= 15 is 0 Å². The molecule has 3 unspecified atom stereocenters. The number of thioether (sulfide) groups is 1. The molecule has 4 heteroatoms. The number of likely N-dealkylation sites (tertiary alicyclic amines) is 1. The first kappa shape index (κ1) is 11.2. The quantitative estimate of drug-likeness (QED) is 0.733. The first-order valence-electron chi connectivity index (χ1n) is 5.27. The van der Waals surface area contributed by atoms with Crippen molar-refractivity contribution in [3.63, 3.8) is 0 Å². The lowest BCUT2D eigenvalue weighted by atomic mass is 10.2. The van der Waals surface area contributed by atoms with Crippen molar-refractivity contribution < 1.29 is 4.74 Å². The van der Waals surface area contributed by atoms with Gasteiger partial charge in [0.25, 0.3) is 0 Å². The lowest BCUT2D eigenvalue weighted by Gasteiger charge is -2.28. The van der Waals surface area contributed by atoms with E-state index in [1.54, 1.807) is 0 Å². The lowest BCUT2D eigenvalue weighted by molar-refractivity contribution is 0.102. The second kappa shape index (κ2) is 5.19. The number of hydrogen-bond donors (Lipinski definition) is 0.